The minimum Gasteiger partial charge on any atom is -0.508 e. The van der Waals surface area contributed by atoms with E-state index in [0.29, 0.717) is 31.1 Å². The summed E-state index contributed by atoms with van der Waals surface area (Å²) in [5, 5.41) is 32.4. The largest absolute Gasteiger partial charge is 0.508 e. The monoisotopic (exact) mass is 354 g/mol. The van der Waals surface area contributed by atoms with Crippen LogP contribution >= 0.6 is 0 Å². The Morgan fingerprint density at radius 1 is 1.04 bits per heavy atom. The fourth-order valence-electron chi connectivity index (χ4n) is 3.34. The maximum Gasteiger partial charge on any atom is 0.176 e. The van der Waals surface area contributed by atoms with Crippen molar-refractivity contribution in [1.82, 2.24) is 0 Å². The summed E-state index contributed by atoms with van der Waals surface area (Å²) in [7, 11) is 0. The molecule has 0 bridgehead atoms. The summed E-state index contributed by atoms with van der Waals surface area (Å²) in [5.74, 6) is -2.49. The van der Waals surface area contributed by atoms with Crippen LogP contribution in [0.3, 0.4) is 0 Å². The van der Waals surface area contributed by atoms with Gasteiger partial charge in [-0.1, -0.05) is 48.0 Å². The van der Waals surface area contributed by atoms with E-state index >= 15 is 0 Å². The van der Waals surface area contributed by atoms with Crippen LogP contribution < -0.4 is 0 Å². The highest BCUT2D eigenvalue weighted by atomic mass is 16.4. The zero-order chi connectivity index (χ0) is 19.5. The van der Waals surface area contributed by atoms with E-state index in [1.807, 2.05) is 27.7 Å². The normalized spacial score (nSPS) is 25.6. The van der Waals surface area contributed by atoms with Crippen molar-refractivity contribution < 1.29 is 24.9 Å². The fraction of sp³-hybridized carbons (Fsp3) is 0.800. The molecule has 0 saturated carbocycles. The number of carbonyl (C=O) groups is 2. The first kappa shape index (κ1) is 21.8. The highest BCUT2D eigenvalue weighted by Crippen LogP contribution is 2.44. The predicted molar refractivity (Wildman–Crippen MR) is 97.1 cm³/mol. The van der Waals surface area contributed by atoms with Crippen molar-refractivity contribution in [2.75, 3.05) is 0 Å². The molecule has 0 amide bonds. The molecule has 1 rings (SSSR count). The van der Waals surface area contributed by atoms with Crippen LogP contribution in [0.2, 0.25) is 0 Å². The number of hydrogen-bond acceptors (Lipinski definition) is 5. The molecule has 0 fully saturated rings. The van der Waals surface area contributed by atoms with E-state index in [2.05, 4.69) is 0 Å². The van der Waals surface area contributed by atoms with Crippen LogP contribution in [-0.2, 0) is 9.59 Å². The van der Waals surface area contributed by atoms with Crippen molar-refractivity contribution in [3.8, 4) is 0 Å². The van der Waals surface area contributed by atoms with Crippen LogP contribution in [0.5, 0.6) is 0 Å². The van der Waals surface area contributed by atoms with Gasteiger partial charge >= 0.3 is 0 Å². The molecule has 0 aliphatic heterocycles. The van der Waals surface area contributed by atoms with Gasteiger partial charge in [-0.2, -0.15) is 0 Å². The third-order valence-electron chi connectivity index (χ3n) is 5.04. The lowest BCUT2D eigenvalue weighted by molar-refractivity contribution is -0.137. The minimum atomic E-state index is -2.07. The molecule has 0 radical (unpaired) electrons. The average Bonchev–Trinajstić information content (AvgIpc) is 2.69. The van der Waals surface area contributed by atoms with Gasteiger partial charge in [-0.25, -0.2) is 0 Å². The first-order valence-electron chi connectivity index (χ1n) is 9.37. The van der Waals surface area contributed by atoms with E-state index in [0.717, 1.165) is 0 Å². The fourth-order valence-corrected chi connectivity index (χ4v) is 3.34. The maximum atomic E-state index is 12.8. The number of Topliss-reactive ketones (excluding diaryl/α,β-unsaturated/α-hetero) is 2. The molecule has 1 aliphatic rings. The van der Waals surface area contributed by atoms with E-state index in [1.165, 1.54) is 0 Å². The van der Waals surface area contributed by atoms with E-state index in [4.69, 9.17) is 0 Å². The lowest BCUT2D eigenvalue weighted by atomic mass is 9.78. The number of carbonyl (C=O) groups excluding carboxylic acids is 2. The first-order valence-corrected chi connectivity index (χ1v) is 9.37. The Hall–Kier alpha value is -1.20. The Morgan fingerprint density at radius 3 is 2.00 bits per heavy atom. The zero-order valence-electron chi connectivity index (χ0n) is 16.4. The summed E-state index contributed by atoms with van der Waals surface area (Å²) < 4.78 is 0. The summed E-state index contributed by atoms with van der Waals surface area (Å²) >= 11 is 0. The molecule has 144 valence electrons. The van der Waals surface area contributed by atoms with Gasteiger partial charge < -0.3 is 15.3 Å². The molecule has 3 N–H and O–H groups in total. The standard InChI is InChI=1S/C20H34O5/c1-11(2)7-9-14-18(23)16(17(22)13(5)6)19(24)20(14,25)15(21)10-8-12(3)4/h11-15,21,24-25H,7-10H2,1-6H3/t14-,15+,20?/m0/s1. The Labute approximate surface area is 151 Å². The van der Waals surface area contributed by atoms with Crippen molar-refractivity contribution in [2.24, 2.45) is 23.7 Å². The summed E-state index contributed by atoms with van der Waals surface area (Å²) in [6.45, 7) is 11.3. The smallest absolute Gasteiger partial charge is 0.176 e. The van der Waals surface area contributed by atoms with Crippen LogP contribution in [0.15, 0.2) is 11.3 Å². The second-order valence-corrected chi connectivity index (χ2v) is 8.44. The van der Waals surface area contributed by atoms with Gasteiger partial charge in [-0.05, 0) is 31.1 Å². The number of hydrogen-bond donors (Lipinski definition) is 3. The van der Waals surface area contributed by atoms with Gasteiger partial charge in [0.25, 0.3) is 0 Å². The number of rotatable bonds is 9. The molecule has 0 aromatic carbocycles. The Bertz CT molecular complexity index is 532. The van der Waals surface area contributed by atoms with Crippen LogP contribution in [-0.4, -0.2) is 38.6 Å². The quantitative estimate of drug-likeness (QED) is 0.553. The van der Waals surface area contributed by atoms with E-state index in [1.54, 1.807) is 13.8 Å². The molecule has 0 aromatic rings. The van der Waals surface area contributed by atoms with Crippen molar-refractivity contribution in [1.29, 1.82) is 0 Å². The Morgan fingerprint density at radius 2 is 1.56 bits per heavy atom. The molecule has 0 heterocycles. The molecule has 0 spiro atoms. The van der Waals surface area contributed by atoms with Gasteiger partial charge in [0.05, 0.1) is 12.0 Å². The van der Waals surface area contributed by atoms with Gasteiger partial charge in [-0.3, -0.25) is 9.59 Å². The van der Waals surface area contributed by atoms with Crippen LogP contribution in [0.25, 0.3) is 0 Å². The van der Waals surface area contributed by atoms with Crippen LogP contribution in [0.4, 0.5) is 0 Å². The maximum absolute atomic E-state index is 12.8. The van der Waals surface area contributed by atoms with Gasteiger partial charge in [0, 0.05) is 5.92 Å². The van der Waals surface area contributed by atoms with E-state index in [-0.39, 0.29) is 12.0 Å². The molecule has 5 nitrogen and oxygen atoms in total. The second kappa shape index (κ2) is 8.45. The van der Waals surface area contributed by atoms with E-state index < -0.39 is 40.9 Å². The topological polar surface area (TPSA) is 94.8 Å². The van der Waals surface area contributed by atoms with Crippen molar-refractivity contribution in [3.05, 3.63) is 11.3 Å². The molecule has 5 heteroatoms. The lowest BCUT2D eigenvalue weighted by Crippen LogP contribution is -2.49. The molecule has 25 heavy (non-hydrogen) atoms. The molecule has 0 saturated heterocycles. The zero-order valence-corrected chi connectivity index (χ0v) is 16.4. The summed E-state index contributed by atoms with van der Waals surface area (Å²) in [5.41, 5.74) is -2.39. The average molecular weight is 354 g/mol. The van der Waals surface area contributed by atoms with Crippen molar-refractivity contribution in [3.63, 3.8) is 0 Å². The SMILES string of the molecule is CC(C)CC[C@@H](O)C1(O)C(O)=C(C(=O)C(C)C)C(=O)[C@@H]1CCC(C)C. The molecule has 3 atom stereocenters. The highest BCUT2D eigenvalue weighted by molar-refractivity contribution is 6.24. The Balaban J connectivity index is 3.27. The summed E-state index contributed by atoms with van der Waals surface area (Å²) in [6, 6.07) is 0. The third-order valence-corrected chi connectivity index (χ3v) is 5.04. The van der Waals surface area contributed by atoms with Gasteiger partial charge in [0.2, 0.25) is 0 Å². The van der Waals surface area contributed by atoms with Gasteiger partial charge in [0.1, 0.15) is 11.3 Å². The highest BCUT2D eigenvalue weighted by Gasteiger charge is 2.58. The second-order valence-electron chi connectivity index (χ2n) is 8.44. The van der Waals surface area contributed by atoms with Crippen molar-refractivity contribution >= 4 is 11.6 Å². The molecule has 1 unspecified atom stereocenters. The molecule has 1 aliphatic carbocycles. The minimum absolute atomic E-state index is 0.257. The van der Waals surface area contributed by atoms with Gasteiger partial charge in [0.15, 0.2) is 17.2 Å². The first-order chi connectivity index (χ1) is 11.4. The van der Waals surface area contributed by atoms with Gasteiger partial charge in [-0.15, -0.1) is 0 Å². The Kier molecular flexibility index (Phi) is 7.39. The van der Waals surface area contributed by atoms with Crippen LogP contribution in [0.1, 0.15) is 67.2 Å². The molecule has 0 aromatic heterocycles. The molecular weight excluding hydrogens is 320 g/mol. The summed E-state index contributed by atoms with van der Waals surface area (Å²) in [6.07, 6.45) is 0.604. The number of aliphatic hydroxyl groups is 3. The number of allylic oxidation sites excluding steroid dienone is 1. The number of aliphatic hydroxyl groups excluding tert-OH is 2. The third kappa shape index (κ3) is 4.50. The summed E-state index contributed by atoms with van der Waals surface area (Å²) in [4.78, 5) is 25.2. The van der Waals surface area contributed by atoms with E-state index in [9.17, 15) is 24.9 Å². The predicted octanol–water partition coefficient (Wildman–Crippen LogP) is 3.19. The lowest BCUT2D eigenvalue weighted by Gasteiger charge is -2.34. The van der Waals surface area contributed by atoms with Crippen LogP contribution in [0, 0.1) is 23.7 Å². The molecular formula is C20H34O5. The van der Waals surface area contributed by atoms with Crippen molar-refractivity contribution in [2.45, 2.75) is 78.9 Å². The number of ketones is 2.